The van der Waals surface area contributed by atoms with Crippen LogP contribution in [0.3, 0.4) is 0 Å². The molecule has 50 heavy (non-hydrogen) atoms. The van der Waals surface area contributed by atoms with Gasteiger partial charge in [0.1, 0.15) is 13.4 Å². The Hall–Kier alpha value is -2.22. The SMILES string of the molecule is CCCCC/C=C\C/C=C\CCCCCCCC(=O)OC[C@H](COCOCCOC)OC(=O)CCCCCCC/C=C\C/C=C\CCCCC. The van der Waals surface area contributed by atoms with Crippen LogP contribution in [-0.4, -0.2) is 58.4 Å². The first-order valence-electron chi connectivity index (χ1n) is 20.2. The molecule has 0 bridgehead atoms. The zero-order valence-corrected chi connectivity index (χ0v) is 32.6. The lowest BCUT2D eigenvalue weighted by atomic mass is 10.1. The number of hydrogen-bond donors (Lipinski definition) is 0. The Balaban J connectivity index is 4.10. The Morgan fingerprint density at radius 3 is 1.46 bits per heavy atom. The van der Waals surface area contributed by atoms with Crippen molar-refractivity contribution < 1.29 is 33.3 Å². The number of allylic oxidation sites excluding steroid dienone is 8. The van der Waals surface area contributed by atoms with Gasteiger partial charge < -0.3 is 23.7 Å². The van der Waals surface area contributed by atoms with Gasteiger partial charge in [-0.25, -0.2) is 0 Å². The standard InChI is InChI=1S/C43H76O7/c1-4-6-8-10-12-14-16-18-20-22-24-26-28-30-32-34-42(44)49-39-41(38-48-40-47-37-36-46-3)50-43(45)35-33-31-29-27-25-23-21-19-17-15-13-11-9-7-5-2/h12-15,18-21,41H,4-11,16-17,22-40H2,1-3H3/b14-12-,15-13-,20-18-,21-19-/t41-/m0/s1. The molecule has 0 saturated heterocycles. The molecule has 0 aliphatic carbocycles. The highest BCUT2D eigenvalue weighted by Crippen LogP contribution is 2.12. The van der Waals surface area contributed by atoms with E-state index in [2.05, 4.69) is 62.5 Å². The summed E-state index contributed by atoms with van der Waals surface area (Å²) in [5, 5.41) is 0. The first kappa shape index (κ1) is 47.8. The highest BCUT2D eigenvalue weighted by Gasteiger charge is 2.17. The maximum absolute atomic E-state index is 12.5. The van der Waals surface area contributed by atoms with Gasteiger partial charge in [-0.15, -0.1) is 0 Å². The van der Waals surface area contributed by atoms with Crippen molar-refractivity contribution in [3.8, 4) is 0 Å². The number of ether oxygens (including phenoxy) is 5. The zero-order valence-electron chi connectivity index (χ0n) is 32.6. The molecule has 0 aromatic carbocycles. The summed E-state index contributed by atoms with van der Waals surface area (Å²) >= 11 is 0. The summed E-state index contributed by atoms with van der Waals surface area (Å²) in [7, 11) is 1.61. The molecule has 0 unspecified atom stereocenters. The first-order valence-corrected chi connectivity index (χ1v) is 20.2. The van der Waals surface area contributed by atoms with Gasteiger partial charge >= 0.3 is 11.9 Å². The summed E-state index contributed by atoms with van der Waals surface area (Å²) in [6.45, 7) is 5.52. The third-order valence-electron chi connectivity index (χ3n) is 8.29. The van der Waals surface area contributed by atoms with Crippen molar-refractivity contribution in [2.75, 3.05) is 40.3 Å². The topological polar surface area (TPSA) is 80.3 Å². The molecular formula is C43H76O7. The molecule has 290 valence electrons. The van der Waals surface area contributed by atoms with Gasteiger partial charge in [0, 0.05) is 20.0 Å². The van der Waals surface area contributed by atoms with Crippen molar-refractivity contribution >= 4 is 11.9 Å². The van der Waals surface area contributed by atoms with Crippen molar-refractivity contribution in [2.45, 2.75) is 174 Å². The third-order valence-corrected chi connectivity index (χ3v) is 8.29. The highest BCUT2D eigenvalue weighted by atomic mass is 16.7. The van der Waals surface area contributed by atoms with E-state index in [-0.39, 0.29) is 31.9 Å². The Morgan fingerprint density at radius 2 is 0.960 bits per heavy atom. The average molecular weight is 705 g/mol. The van der Waals surface area contributed by atoms with Crippen LogP contribution in [0.25, 0.3) is 0 Å². The fraction of sp³-hybridized carbons (Fsp3) is 0.767. The zero-order chi connectivity index (χ0) is 36.4. The van der Waals surface area contributed by atoms with Crippen molar-refractivity contribution in [1.29, 1.82) is 0 Å². The Morgan fingerprint density at radius 1 is 0.500 bits per heavy atom. The van der Waals surface area contributed by atoms with Crippen LogP contribution in [0.2, 0.25) is 0 Å². The lowest BCUT2D eigenvalue weighted by Gasteiger charge is -2.18. The van der Waals surface area contributed by atoms with Crippen molar-refractivity contribution in [2.24, 2.45) is 0 Å². The molecule has 0 rings (SSSR count). The normalized spacial score (nSPS) is 12.6. The van der Waals surface area contributed by atoms with Gasteiger partial charge in [-0.05, 0) is 77.0 Å². The van der Waals surface area contributed by atoms with E-state index in [0.29, 0.717) is 26.1 Å². The molecule has 0 radical (unpaired) electrons. The molecule has 0 spiro atoms. The average Bonchev–Trinajstić information content (AvgIpc) is 3.11. The summed E-state index contributed by atoms with van der Waals surface area (Å²) in [5.74, 6) is -0.545. The van der Waals surface area contributed by atoms with E-state index in [0.717, 1.165) is 70.6 Å². The van der Waals surface area contributed by atoms with Gasteiger partial charge in [0.05, 0.1) is 19.8 Å². The van der Waals surface area contributed by atoms with Crippen molar-refractivity contribution in [1.82, 2.24) is 0 Å². The molecule has 7 nitrogen and oxygen atoms in total. The number of esters is 2. The summed E-state index contributed by atoms with van der Waals surface area (Å²) < 4.78 is 26.9. The Kier molecular flexibility index (Phi) is 39.4. The van der Waals surface area contributed by atoms with E-state index in [9.17, 15) is 9.59 Å². The predicted octanol–water partition coefficient (Wildman–Crippen LogP) is 11.7. The van der Waals surface area contributed by atoms with Gasteiger partial charge in [-0.2, -0.15) is 0 Å². The monoisotopic (exact) mass is 705 g/mol. The van der Waals surface area contributed by atoms with E-state index < -0.39 is 6.10 Å². The molecular weight excluding hydrogens is 628 g/mol. The number of unbranched alkanes of at least 4 members (excludes halogenated alkanes) is 16. The molecule has 0 aromatic rings. The Labute approximate surface area is 307 Å². The highest BCUT2D eigenvalue weighted by molar-refractivity contribution is 5.70. The van der Waals surface area contributed by atoms with Crippen LogP contribution in [0.1, 0.15) is 168 Å². The molecule has 1 atom stereocenters. The molecule has 0 aliphatic rings. The molecule has 0 N–H and O–H groups in total. The van der Waals surface area contributed by atoms with E-state index in [1.807, 2.05) is 0 Å². The largest absolute Gasteiger partial charge is 0.462 e. The minimum atomic E-state index is -0.653. The fourth-order valence-corrected chi connectivity index (χ4v) is 5.22. The smallest absolute Gasteiger partial charge is 0.306 e. The molecule has 7 heteroatoms. The lowest BCUT2D eigenvalue weighted by Crippen LogP contribution is -2.30. The second-order valence-electron chi connectivity index (χ2n) is 13.1. The van der Waals surface area contributed by atoms with Gasteiger partial charge in [0.15, 0.2) is 6.10 Å². The number of hydrogen-bond acceptors (Lipinski definition) is 7. The lowest BCUT2D eigenvalue weighted by molar-refractivity contribution is -0.167. The van der Waals surface area contributed by atoms with E-state index in [1.54, 1.807) is 7.11 Å². The summed E-state index contributed by atoms with van der Waals surface area (Å²) in [6, 6.07) is 0. The number of rotatable bonds is 38. The third kappa shape index (κ3) is 38.6. The summed E-state index contributed by atoms with van der Waals surface area (Å²) in [6.07, 6.45) is 43.2. The van der Waals surface area contributed by atoms with Crippen LogP contribution in [0.5, 0.6) is 0 Å². The van der Waals surface area contributed by atoms with E-state index in [1.165, 1.54) is 70.6 Å². The molecule has 0 aromatic heterocycles. The van der Waals surface area contributed by atoms with Gasteiger partial charge in [-0.1, -0.05) is 127 Å². The fourth-order valence-electron chi connectivity index (χ4n) is 5.22. The van der Waals surface area contributed by atoms with E-state index >= 15 is 0 Å². The molecule has 0 amide bonds. The maximum Gasteiger partial charge on any atom is 0.306 e. The van der Waals surface area contributed by atoms with Crippen molar-refractivity contribution in [3.05, 3.63) is 48.6 Å². The maximum atomic E-state index is 12.5. The van der Waals surface area contributed by atoms with Gasteiger partial charge in [0.25, 0.3) is 0 Å². The minimum absolute atomic E-state index is 0.00886. The van der Waals surface area contributed by atoms with Crippen LogP contribution in [0, 0.1) is 0 Å². The van der Waals surface area contributed by atoms with Gasteiger partial charge in [0.2, 0.25) is 0 Å². The van der Waals surface area contributed by atoms with Crippen LogP contribution < -0.4 is 0 Å². The molecule has 0 fully saturated rings. The van der Waals surface area contributed by atoms with Crippen LogP contribution >= 0.6 is 0 Å². The number of carbonyl (C=O) groups excluding carboxylic acids is 2. The predicted molar refractivity (Wildman–Crippen MR) is 208 cm³/mol. The number of carbonyl (C=O) groups is 2. The molecule has 0 heterocycles. The summed E-state index contributed by atoms with van der Waals surface area (Å²) in [5.41, 5.74) is 0. The first-order chi connectivity index (χ1) is 24.6. The minimum Gasteiger partial charge on any atom is -0.462 e. The number of methoxy groups -OCH3 is 1. The van der Waals surface area contributed by atoms with Crippen LogP contribution in [-0.2, 0) is 33.3 Å². The Bertz CT molecular complexity index is 848. The molecule has 0 saturated carbocycles. The van der Waals surface area contributed by atoms with Crippen molar-refractivity contribution in [3.63, 3.8) is 0 Å². The second kappa shape index (κ2) is 41.2. The molecule has 0 aliphatic heterocycles. The van der Waals surface area contributed by atoms with Gasteiger partial charge in [-0.3, -0.25) is 9.59 Å². The van der Waals surface area contributed by atoms with Crippen LogP contribution in [0.4, 0.5) is 0 Å². The summed E-state index contributed by atoms with van der Waals surface area (Å²) in [4.78, 5) is 24.9. The second-order valence-corrected chi connectivity index (χ2v) is 13.1. The van der Waals surface area contributed by atoms with Crippen LogP contribution in [0.15, 0.2) is 48.6 Å². The van der Waals surface area contributed by atoms with E-state index in [4.69, 9.17) is 23.7 Å². The quantitative estimate of drug-likeness (QED) is 0.0274.